The van der Waals surface area contributed by atoms with Crippen LogP contribution in [0.5, 0.6) is 0 Å². The van der Waals surface area contributed by atoms with E-state index in [2.05, 4.69) is 5.32 Å². The summed E-state index contributed by atoms with van der Waals surface area (Å²) in [6.07, 6.45) is 4.91. The number of fused-ring (bicyclic) bond motifs is 1. The number of carbonyl (C=O) groups excluding carboxylic acids is 2. The standard InChI is InChI=1S/C25H28N2O6S/c1-3-32-25(29)23-22(20-11-7-8-12-21(20)33-23)26-24(28)17-13-15-19(16-14-17)34(30,31)27(2)18-9-5-4-6-10-18/h7-8,11-16,18H,3-6,9-10H2,1-2H3,(H,26,28). The van der Waals surface area contributed by atoms with Crippen LogP contribution in [0.2, 0.25) is 0 Å². The molecular formula is C25H28N2O6S. The number of anilines is 1. The van der Waals surface area contributed by atoms with Gasteiger partial charge in [0.05, 0.1) is 11.5 Å². The molecule has 0 unspecified atom stereocenters. The molecule has 0 bridgehead atoms. The molecule has 1 heterocycles. The first-order valence-corrected chi connectivity index (χ1v) is 12.8. The van der Waals surface area contributed by atoms with E-state index in [9.17, 15) is 18.0 Å². The van der Waals surface area contributed by atoms with Crippen LogP contribution in [0, 0.1) is 0 Å². The van der Waals surface area contributed by atoms with E-state index in [-0.39, 0.29) is 34.6 Å². The minimum atomic E-state index is -3.66. The van der Waals surface area contributed by atoms with Crippen LogP contribution in [0.4, 0.5) is 5.69 Å². The van der Waals surface area contributed by atoms with Crippen molar-refractivity contribution in [2.75, 3.05) is 19.0 Å². The number of ether oxygens (including phenoxy) is 1. The zero-order valence-corrected chi connectivity index (χ0v) is 20.1. The van der Waals surface area contributed by atoms with Crippen LogP contribution < -0.4 is 5.32 Å². The lowest BCUT2D eigenvalue weighted by Crippen LogP contribution is -2.38. The minimum absolute atomic E-state index is 0.00241. The first-order chi connectivity index (χ1) is 16.3. The molecule has 34 heavy (non-hydrogen) atoms. The highest BCUT2D eigenvalue weighted by molar-refractivity contribution is 7.89. The zero-order valence-electron chi connectivity index (χ0n) is 19.2. The summed E-state index contributed by atoms with van der Waals surface area (Å²) in [6.45, 7) is 1.84. The van der Waals surface area contributed by atoms with Gasteiger partial charge in [0, 0.05) is 24.0 Å². The van der Waals surface area contributed by atoms with E-state index < -0.39 is 21.9 Å². The van der Waals surface area contributed by atoms with E-state index in [1.165, 1.54) is 28.6 Å². The van der Waals surface area contributed by atoms with Crippen molar-refractivity contribution in [1.82, 2.24) is 4.31 Å². The van der Waals surface area contributed by atoms with Crippen molar-refractivity contribution in [3.8, 4) is 0 Å². The molecule has 0 spiro atoms. The molecule has 1 saturated carbocycles. The van der Waals surface area contributed by atoms with Gasteiger partial charge in [0.25, 0.3) is 5.91 Å². The summed E-state index contributed by atoms with van der Waals surface area (Å²) in [5, 5.41) is 3.29. The lowest BCUT2D eigenvalue weighted by atomic mass is 9.96. The van der Waals surface area contributed by atoms with Crippen molar-refractivity contribution in [2.45, 2.75) is 50.0 Å². The van der Waals surface area contributed by atoms with Gasteiger partial charge >= 0.3 is 5.97 Å². The Labute approximate surface area is 198 Å². The third-order valence-electron chi connectivity index (χ3n) is 6.18. The summed E-state index contributed by atoms with van der Waals surface area (Å²) < 4.78 is 38.2. The number of hydrogen-bond acceptors (Lipinski definition) is 6. The van der Waals surface area contributed by atoms with Gasteiger partial charge in [-0.25, -0.2) is 13.2 Å². The van der Waals surface area contributed by atoms with Crippen LogP contribution in [0.15, 0.2) is 57.8 Å². The summed E-state index contributed by atoms with van der Waals surface area (Å²) in [7, 11) is -2.04. The van der Waals surface area contributed by atoms with Gasteiger partial charge in [0.2, 0.25) is 15.8 Å². The van der Waals surface area contributed by atoms with Gasteiger partial charge in [0.1, 0.15) is 11.3 Å². The third kappa shape index (κ3) is 4.71. The monoisotopic (exact) mass is 484 g/mol. The number of hydrogen-bond donors (Lipinski definition) is 1. The number of rotatable bonds is 7. The molecule has 4 rings (SSSR count). The van der Waals surface area contributed by atoms with Crippen LogP contribution in [0.3, 0.4) is 0 Å². The highest BCUT2D eigenvalue weighted by Crippen LogP contribution is 2.32. The topological polar surface area (TPSA) is 106 Å². The average Bonchev–Trinajstić information content (AvgIpc) is 3.22. The second-order valence-electron chi connectivity index (χ2n) is 8.31. The molecule has 1 aliphatic carbocycles. The van der Waals surface area contributed by atoms with E-state index >= 15 is 0 Å². The molecule has 3 aromatic rings. The van der Waals surface area contributed by atoms with Crippen molar-refractivity contribution >= 4 is 38.6 Å². The Bertz CT molecular complexity index is 1290. The highest BCUT2D eigenvalue weighted by Gasteiger charge is 2.29. The predicted octanol–water partition coefficient (Wildman–Crippen LogP) is 4.82. The maximum Gasteiger partial charge on any atom is 0.376 e. The van der Waals surface area contributed by atoms with E-state index in [0.717, 1.165) is 32.1 Å². The predicted molar refractivity (Wildman–Crippen MR) is 128 cm³/mol. The zero-order chi connectivity index (χ0) is 24.3. The Kier molecular flexibility index (Phi) is 7.04. The van der Waals surface area contributed by atoms with Crippen LogP contribution in [0.1, 0.15) is 59.9 Å². The number of carbonyl (C=O) groups is 2. The molecule has 8 nitrogen and oxygen atoms in total. The molecule has 1 aromatic heterocycles. The van der Waals surface area contributed by atoms with Crippen molar-refractivity contribution in [2.24, 2.45) is 0 Å². The molecule has 1 N–H and O–H groups in total. The SMILES string of the molecule is CCOC(=O)c1oc2ccccc2c1NC(=O)c1ccc(S(=O)(=O)N(C)C2CCCCC2)cc1. The summed E-state index contributed by atoms with van der Waals surface area (Å²) >= 11 is 0. The molecule has 1 amide bonds. The largest absolute Gasteiger partial charge is 0.460 e. The van der Waals surface area contributed by atoms with E-state index in [4.69, 9.17) is 9.15 Å². The van der Waals surface area contributed by atoms with Gasteiger partial charge in [-0.3, -0.25) is 4.79 Å². The van der Waals surface area contributed by atoms with Gasteiger partial charge in [-0.15, -0.1) is 0 Å². The fourth-order valence-corrected chi connectivity index (χ4v) is 5.70. The molecular weight excluding hydrogens is 456 g/mol. The number of para-hydroxylation sites is 1. The molecule has 1 fully saturated rings. The lowest BCUT2D eigenvalue weighted by molar-refractivity contribution is 0.0494. The maximum atomic E-state index is 13.1. The number of esters is 1. The quantitative estimate of drug-likeness (QED) is 0.482. The molecule has 0 radical (unpaired) electrons. The van der Waals surface area contributed by atoms with E-state index in [1.54, 1.807) is 38.2 Å². The Hall–Kier alpha value is -3.17. The smallest absolute Gasteiger partial charge is 0.376 e. The Balaban J connectivity index is 1.56. The number of nitrogens with one attached hydrogen (secondary N) is 1. The summed E-state index contributed by atoms with van der Waals surface area (Å²) in [6, 6.07) is 12.7. The van der Waals surface area contributed by atoms with Gasteiger partial charge in [-0.2, -0.15) is 4.31 Å². The third-order valence-corrected chi connectivity index (χ3v) is 8.10. The number of benzene rings is 2. The van der Waals surface area contributed by atoms with Gasteiger partial charge < -0.3 is 14.5 Å². The molecule has 2 aromatic carbocycles. The first kappa shape index (κ1) is 24.0. The average molecular weight is 485 g/mol. The Morgan fingerprint density at radius 1 is 1.06 bits per heavy atom. The molecule has 180 valence electrons. The number of amides is 1. The van der Waals surface area contributed by atoms with Gasteiger partial charge in [-0.05, 0) is 56.2 Å². The fourth-order valence-electron chi connectivity index (χ4n) is 4.28. The van der Waals surface area contributed by atoms with Crippen LogP contribution in [-0.2, 0) is 14.8 Å². The molecule has 1 aliphatic rings. The van der Waals surface area contributed by atoms with Crippen molar-refractivity contribution in [3.63, 3.8) is 0 Å². The highest BCUT2D eigenvalue weighted by atomic mass is 32.2. The maximum absolute atomic E-state index is 13.1. The minimum Gasteiger partial charge on any atom is -0.460 e. The normalized spacial score (nSPS) is 14.9. The lowest BCUT2D eigenvalue weighted by Gasteiger charge is -2.30. The van der Waals surface area contributed by atoms with Crippen molar-refractivity contribution < 1.29 is 27.2 Å². The number of furan rings is 1. The van der Waals surface area contributed by atoms with Crippen molar-refractivity contribution in [1.29, 1.82) is 0 Å². The van der Waals surface area contributed by atoms with Crippen LogP contribution >= 0.6 is 0 Å². The van der Waals surface area contributed by atoms with E-state index in [1.807, 2.05) is 0 Å². The number of nitrogens with zero attached hydrogens (tertiary/aromatic N) is 1. The fraction of sp³-hybridized carbons (Fsp3) is 0.360. The molecule has 9 heteroatoms. The molecule has 0 atom stereocenters. The van der Waals surface area contributed by atoms with Crippen LogP contribution in [0.25, 0.3) is 11.0 Å². The summed E-state index contributed by atoms with van der Waals surface area (Å²) in [5.74, 6) is -1.27. The Morgan fingerprint density at radius 3 is 2.41 bits per heavy atom. The summed E-state index contributed by atoms with van der Waals surface area (Å²) in [4.78, 5) is 25.5. The van der Waals surface area contributed by atoms with Gasteiger partial charge in [-0.1, -0.05) is 31.4 Å². The molecule has 0 saturated heterocycles. The Morgan fingerprint density at radius 2 is 1.74 bits per heavy atom. The number of sulfonamides is 1. The van der Waals surface area contributed by atoms with Gasteiger partial charge in [0.15, 0.2) is 0 Å². The molecule has 0 aliphatic heterocycles. The summed E-state index contributed by atoms with van der Waals surface area (Å²) in [5.41, 5.74) is 0.903. The first-order valence-electron chi connectivity index (χ1n) is 11.4. The van der Waals surface area contributed by atoms with Crippen molar-refractivity contribution in [3.05, 3.63) is 59.9 Å². The second-order valence-corrected chi connectivity index (χ2v) is 10.3. The van der Waals surface area contributed by atoms with E-state index in [0.29, 0.717) is 11.0 Å². The second kappa shape index (κ2) is 9.99. The van der Waals surface area contributed by atoms with Crippen LogP contribution in [-0.4, -0.2) is 44.3 Å².